The lowest BCUT2D eigenvalue weighted by atomic mass is 10.2. The second kappa shape index (κ2) is 9.82. The van der Waals surface area contributed by atoms with Crippen LogP contribution in [-0.2, 0) is 9.59 Å². The summed E-state index contributed by atoms with van der Waals surface area (Å²) in [5.74, 6) is 0.597. The Balaban J connectivity index is 1.96. The van der Waals surface area contributed by atoms with Crippen LogP contribution in [0.3, 0.4) is 0 Å². The Morgan fingerprint density at radius 3 is 2.58 bits per heavy atom. The molecular formula is C19H26N2O5. The van der Waals surface area contributed by atoms with Crippen LogP contribution in [-0.4, -0.2) is 54.4 Å². The molecule has 142 valence electrons. The number of amides is 2. The number of benzene rings is 1. The Morgan fingerprint density at radius 1 is 1.23 bits per heavy atom. The highest BCUT2D eigenvalue weighted by Gasteiger charge is 2.23. The monoisotopic (exact) mass is 362 g/mol. The van der Waals surface area contributed by atoms with Crippen LogP contribution in [0.25, 0.3) is 6.08 Å². The first-order valence-electron chi connectivity index (χ1n) is 8.86. The second-order valence-electron chi connectivity index (χ2n) is 6.02. The second-order valence-corrected chi connectivity index (χ2v) is 6.02. The molecule has 0 aliphatic carbocycles. The molecular weight excluding hydrogens is 336 g/mol. The molecule has 0 bridgehead atoms. The highest BCUT2D eigenvalue weighted by molar-refractivity contribution is 5.95. The number of fused-ring (bicyclic) bond motifs is 1. The molecule has 0 unspecified atom stereocenters. The van der Waals surface area contributed by atoms with Gasteiger partial charge < -0.3 is 24.8 Å². The standard InChI is InChI=1S/C19H26N2O5/c1-3-9-21(10-4-2)19(24)15(12-22)20-18(23)8-6-14-5-7-16-17(11-14)26-13-25-16/h5-8,11,15,22H,3-4,9-10,12-13H2,1-2H3,(H,20,23)/t15-/m0/s1. The number of aliphatic hydroxyl groups is 1. The third kappa shape index (κ3) is 5.23. The van der Waals surface area contributed by atoms with E-state index in [2.05, 4.69) is 5.32 Å². The van der Waals surface area contributed by atoms with Gasteiger partial charge in [0.1, 0.15) is 6.04 Å². The number of nitrogens with one attached hydrogen (secondary N) is 1. The summed E-state index contributed by atoms with van der Waals surface area (Å²) < 4.78 is 10.5. The molecule has 0 saturated carbocycles. The third-order valence-corrected chi connectivity index (χ3v) is 3.92. The van der Waals surface area contributed by atoms with Crippen molar-refractivity contribution in [2.75, 3.05) is 26.5 Å². The van der Waals surface area contributed by atoms with Crippen molar-refractivity contribution in [3.05, 3.63) is 29.8 Å². The van der Waals surface area contributed by atoms with Gasteiger partial charge in [0.2, 0.25) is 18.6 Å². The fourth-order valence-electron chi connectivity index (χ4n) is 2.69. The van der Waals surface area contributed by atoms with Crippen molar-refractivity contribution in [1.29, 1.82) is 0 Å². The summed E-state index contributed by atoms with van der Waals surface area (Å²) in [5, 5.41) is 12.1. The van der Waals surface area contributed by atoms with E-state index in [9.17, 15) is 14.7 Å². The molecule has 26 heavy (non-hydrogen) atoms. The van der Waals surface area contributed by atoms with Crippen molar-refractivity contribution < 1.29 is 24.2 Å². The molecule has 0 fully saturated rings. The van der Waals surface area contributed by atoms with Crippen molar-refractivity contribution in [1.82, 2.24) is 10.2 Å². The van der Waals surface area contributed by atoms with Crippen molar-refractivity contribution in [3.63, 3.8) is 0 Å². The molecule has 2 N–H and O–H groups in total. The molecule has 1 aromatic carbocycles. The van der Waals surface area contributed by atoms with E-state index in [1.807, 2.05) is 13.8 Å². The van der Waals surface area contributed by atoms with Gasteiger partial charge >= 0.3 is 0 Å². The molecule has 1 heterocycles. The maximum Gasteiger partial charge on any atom is 0.247 e. The van der Waals surface area contributed by atoms with E-state index in [4.69, 9.17) is 9.47 Å². The highest BCUT2D eigenvalue weighted by Crippen LogP contribution is 2.32. The Kier molecular flexibility index (Phi) is 7.47. The zero-order valence-corrected chi connectivity index (χ0v) is 15.2. The Hall–Kier alpha value is -2.54. The van der Waals surface area contributed by atoms with Crippen LogP contribution in [0.15, 0.2) is 24.3 Å². The number of nitrogens with zero attached hydrogens (tertiary/aromatic N) is 1. The first-order chi connectivity index (χ1) is 12.6. The molecule has 1 aromatic rings. The lowest BCUT2D eigenvalue weighted by molar-refractivity contribution is -0.136. The number of ether oxygens (including phenoxy) is 2. The van der Waals surface area contributed by atoms with E-state index in [0.717, 1.165) is 18.4 Å². The van der Waals surface area contributed by atoms with E-state index >= 15 is 0 Å². The molecule has 2 rings (SSSR count). The van der Waals surface area contributed by atoms with Crippen LogP contribution in [0.5, 0.6) is 11.5 Å². The van der Waals surface area contributed by atoms with Crippen LogP contribution in [0, 0.1) is 0 Å². The van der Waals surface area contributed by atoms with Crippen molar-refractivity contribution in [2.24, 2.45) is 0 Å². The van der Waals surface area contributed by atoms with Crippen molar-refractivity contribution >= 4 is 17.9 Å². The van der Waals surface area contributed by atoms with Gasteiger partial charge in [0, 0.05) is 19.2 Å². The predicted octanol–water partition coefficient (Wildman–Crippen LogP) is 1.55. The van der Waals surface area contributed by atoms with Crippen molar-refractivity contribution in [2.45, 2.75) is 32.7 Å². The summed E-state index contributed by atoms with van der Waals surface area (Å²) in [6.45, 7) is 4.92. The Bertz CT molecular complexity index is 653. The lowest BCUT2D eigenvalue weighted by Gasteiger charge is -2.26. The van der Waals surface area contributed by atoms with Gasteiger partial charge in [0.25, 0.3) is 0 Å². The highest BCUT2D eigenvalue weighted by atomic mass is 16.7. The molecule has 0 aromatic heterocycles. The van der Waals surface area contributed by atoms with Crippen LogP contribution in [0.4, 0.5) is 0 Å². The lowest BCUT2D eigenvalue weighted by Crippen LogP contribution is -2.50. The number of rotatable bonds is 9. The van der Waals surface area contributed by atoms with E-state index in [1.165, 1.54) is 6.08 Å². The van der Waals surface area contributed by atoms with Gasteiger partial charge in [-0.2, -0.15) is 0 Å². The predicted molar refractivity (Wildman–Crippen MR) is 97.8 cm³/mol. The van der Waals surface area contributed by atoms with E-state index in [-0.39, 0.29) is 12.7 Å². The summed E-state index contributed by atoms with van der Waals surface area (Å²) in [5.41, 5.74) is 0.773. The fraction of sp³-hybridized carbons (Fsp3) is 0.474. The third-order valence-electron chi connectivity index (χ3n) is 3.92. The normalized spacial score (nSPS) is 13.7. The maximum atomic E-state index is 12.5. The van der Waals surface area contributed by atoms with E-state index < -0.39 is 18.6 Å². The van der Waals surface area contributed by atoms with Gasteiger partial charge in [-0.05, 0) is 36.6 Å². The number of hydrogen-bond donors (Lipinski definition) is 2. The summed E-state index contributed by atoms with van der Waals surface area (Å²) in [7, 11) is 0. The Labute approximate surface area is 153 Å². The molecule has 2 amide bonds. The Morgan fingerprint density at radius 2 is 1.92 bits per heavy atom. The quantitative estimate of drug-likeness (QED) is 0.651. The van der Waals surface area contributed by atoms with Gasteiger partial charge in [-0.1, -0.05) is 19.9 Å². The first kappa shape index (κ1) is 19.8. The van der Waals surface area contributed by atoms with Crippen LogP contribution in [0.1, 0.15) is 32.3 Å². The minimum atomic E-state index is -0.943. The van der Waals surface area contributed by atoms with Gasteiger partial charge in [0.15, 0.2) is 11.5 Å². The van der Waals surface area contributed by atoms with E-state index in [0.29, 0.717) is 24.6 Å². The minimum Gasteiger partial charge on any atom is -0.454 e. The van der Waals surface area contributed by atoms with Gasteiger partial charge in [-0.25, -0.2) is 0 Å². The SMILES string of the molecule is CCCN(CCC)C(=O)[C@H](CO)NC(=O)C=Cc1ccc2c(c1)OCO2. The average Bonchev–Trinajstić information content (AvgIpc) is 3.11. The molecule has 0 spiro atoms. The van der Waals surface area contributed by atoms with Crippen LogP contribution < -0.4 is 14.8 Å². The van der Waals surface area contributed by atoms with Crippen molar-refractivity contribution in [3.8, 4) is 11.5 Å². The van der Waals surface area contributed by atoms with Gasteiger partial charge in [-0.15, -0.1) is 0 Å². The molecule has 0 radical (unpaired) electrons. The van der Waals surface area contributed by atoms with Gasteiger partial charge in [-0.3, -0.25) is 9.59 Å². The molecule has 7 nitrogen and oxygen atoms in total. The van der Waals surface area contributed by atoms with Gasteiger partial charge in [0.05, 0.1) is 6.61 Å². The summed E-state index contributed by atoms with van der Waals surface area (Å²) in [6.07, 6.45) is 4.59. The zero-order chi connectivity index (χ0) is 18.9. The fourth-order valence-corrected chi connectivity index (χ4v) is 2.69. The van der Waals surface area contributed by atoms with E-state index in [1.54, 1.807) is 29.2 Å². The summed E-state index contributed by atoms with van der Waals surface area (Å²) in [4.78, 5) is 26.3. The average molecular weight is 362 g/mol. The molecule has 0 saturated heterocycles. The number of carbonyl (C=O) groups excluding carboxylic acids is 2. The minimum absolute atomic E-state index is 0.190. The number of aliphatic hydroxyl groups excluding tert-OH is 1. The number of hydrogen-bond acceptors (Lipinski definition) is 5. The summed E-state index contributed by atoms with van der Waals surface area (Å²) in [6, 6.07) is 4.40. The molecule has 1 aliphatic heterocycles. The topological polar surface area (TPSA) is 88.1 Å². The smallest absolute Gasteiger partial charge is 0.247 e. The largest absolute Gasteiger partial charge is 0.454 e. The molecule has 7 heteroatoms. The number of carbonyl (C=O) groups is 2. The molecule has 1 atom stereocenters. The summed E-state index contributed by atoms with van der Waals surface area (Å²) >= 11 is 0. The van der Waals surface area contributed by atoms with Crippen LogP contribution >= 0.6 is 0 Å². The molecule has 1 aliphatic rings. The van der Waals surface area contributed by atoms with Crippen LogP contribution in [0.2, 0.25) is 0 Å². The first-order valence-corrected chi connectivity index (χ1v) is 8.86. The zero-order valence-electron chi connectivity index (χ0n) is 15.2. The maximum absolute atomic E-state index is 12.5.